The van der Waals surface area contributed by atoms with Crippen molar-refractivity contribution >= 4 is 17.5 Å². The number of carbonyl (C=O) groups is 2. The molecule has 0 spiro atoms. The first kappa shape index (κ1) is 17.0. The van der Waals surface area contributed by atoms with Gasteiger partial charge < -0.3 is 15.0 Å². The average molecular weight is 338 g/mol. The molecule has 3 rings (SSSR count). The maximum absolute atomic E-state index is 12.4. The average Bonchev–Trinajstić information content (AvgIpc) is 3.07. The second kappa shape index (κ2) is 7.83. The van der Waals surface area contributed by atoms with Gasteiger partial charge in [0.25, 0.3) is 5.91 Å². The van der Waals surface area contributed by atoms with Gasteiger partial charge in [0.05, 0.1) is 6.04 Å². The standard InChI is InChI=1S/C20H22N2O3/c1-15(14-25-18-9-3-2-4-10-18)21-20(24)16-7-5-8-17(13-16)22-12-6-11-19(22)23/h2-5,7-10,13,15H,6,11-12,14H2,1H3,(H,21,24). The molecular formula is C20H22N2O3. The van der Waals surface area contributed by atoms with Crippen LogP contribution in [0.1, 0.15) is 30.1 Å². The van der Waals surface area contributed by atoms with Crippen molar-refractivity contribution in [2.24, 2.45) is 0 Å². The molecule has 1 N–H and O–H groups in total. The van der Waals surface area contributed by atoms with Gasteiger partial charge in [0.2, 0.25) is 5.91 Å². The highest BCUT2D eigenvalue weighted by atomic mass is 16.5. The molecular weight excluding hydrogens is 316 g/mol. The molecule has 0 aliphatic carbocycles. The van der Waals surface area contributed by atoms with Gasteiger partial charge in [-0.15, -0.1) is 0 Å². The molecule has 1 heterocycles. The Balaban J connectivity index is 1.58. The van der Waals surface area contributed by atoms with Gasteiger partial charge in [0.15, 0.2) is 0 Å². The number of para-hydroxylation sites is 1. The molecule has 1 aliphatic rings. The highest BCUT2D eigenvalue weighted by Crippen LogP contribution is 2.22. The summed E-state index contributed by atoms with van der Waals surface area (Å²) in [7, 11) is 0. The number of nitrogens with one attached hydrogen (secondary N) is 1. The number of hydrogen-bond donors (Lipinski definition) is 1. The van der Waals surface area contributed by atoms with E-state index in [1.54, 1.807) is 23.1 Å². The molecule has 0 aromatic heterocycles. The molecule has 1 saturated heterocycles. The van der Waals surface area contributed by atoms with Gasteiger partial charge in [-0.3, -0.25) is 9.59 Å². The predicted octanol–water partition coefficient (Wildman–Crippen LogP) is 3.01. The van der Waals surface area contributed by atoms with E-state index in [4.69, 9.17) is 4.74 Å². The monoisotopic (exact) mass is 338 g/mol. The summed E-state index contributed by atoms with van der Waals surface area (Å²) in [5.74, 6) is 0.720. The van der Waals surface area contributed by atoms with Gasteiger partial charge >= 0.3 is 0 Å². The van der Waals surface area contributed by atoms with Gasteiger partial charge in [0, 0.05) is 24.2 Å². The Morgan fingerprint density at radius 3 is 2.72 bits per heavy atom. The van der Waals surface area contributed by atoms with Gasteiger partial charge in [0.1, 0.15) is 12.4 Å². The van der Waals surface area contributed by atoms with Crippen molar-refractivity contribution in [3.8, 4) is 5.75 Å². The molecule has 0 radical (unpaired) electrons. The fourth-order valence-electron chi connectivity index (χ4n) is 2.82. The highest BCUT2D eigenvalue weighted by molar-refractivity contribution is 5.99. The van der Waals surface area contributed by atoms with E-state index in [0.29, 0.717) is 25.1 Å². The molecule has 1 atom stereocenters. The molecule has 0 bridgehead atoms. The molecule has 1 aliphatic heterocycles. The largest absolute Gasteiger partial charge is 0.491 e. The van der Waals surface area contributed by atoms with Crippen LogP contribution in [-0.4, -0.2) is 31.0 Å². The van der Waals surface area contributed by atoms with Crippen molar-refractivity contribution in [1.82, 2.24) is 5.32 Å². The fourth-order valence-corrected chi connectivity index (χ4v) is 2.82. The molecule has 2 aromatic carbocycles. The van der Waals surface area contributed by atoms with Crippen molar-refractivity contribution in [3.63, 3.8) is 0 Å². The zero-order chi connectivity index (χ0) is 17.6. The first-order chi connectivity index (χ1) is 12.1. The van der Waals surface area contributed by atoms with Crippen LogP contribution < -0.4 is 15.0 Å². The zero-order valence-electron chi connectivity index (χ0n) is 14.3. The summed E-state index contributed by atoms with van der Waals surface area (Å²) in [6.07, 6.45) is 1.44. The zero-order valence-corrected chi connectivity index (χ0v) is 14.3. The molecule has 2 aromatic rings. The maximum atomic E-state index is 12.4. The van der Waals surface area contributed by atoms with Crippen LogP contribution in [0.4, 0.5) is 5.69 Å². The number of rotatable bonds is 6. The molecule has 1 fully saturated rings. The molecule has 25 heavy (non-hydrogen) atoms. The summed E-state index contributed by atoms with van der Waals surface area (Å²) >= 11 is 0. The lowest BCUT2D eigenvalue weighted by Crippen LogP contribution is -2.36. The summed E-state index contributed by atoms with van der Waals surface area (Å²) in [5.41, 5.74) is 1.33. The lowest BCUT2D eigenvalue weighted by atomic mass is 10.1. The minimum absolute atomic E-state index is 0.113. The summed E-state index contributed by atoms with van der Waals surface area (Å²) < 4.78 is 5.66. The van der Waals surface area contributed by atoms with Crippen LogP contribution in [-0.2, 0) is 4.79 Å². The van der Waals surface area contributed by atoms with Crippen molar-refractivity contribution in [3.05, 3.63) is 60.2 Å². The van der Waals surface area contributed by atoms with Gasteiger partial charge in [-0.2, -0.15) is 0 Å². The smallest absolute Gasteiger partial charge is 0.251 e. The quantitative estimate of drug-likeness (QED) is 0.881. The highest BCUT2D eigenvalue weighted by Gasteiger charge is 2.22. The second-order valence-electron chi connectivity index (χ2n) is 6.20. The number of nitrogens with zero attached hydrogens (tertiary/aromatic N) is 1. The number of benzene rings is 2. The van der Waals surface area contributed by atoms with E-state index in [0.717, 1.165) is 17.9 Å². The van der Waals surface area contributed by atoms with Gasteiger partial charge in [-0.1, -0.05) is 24.3 Å². The molecule has 5 heteroatoms. The third-order valence-corrected chi connectivity index (χ3v) is 4.11. The van der Waals surface area contributed by atoms with E-state index in [2.05, 4.69) is 5.32 Å². The van der Waals surface area contributed by atoms with E-state index in [-0.39, 0.29) is 17.9 Å². The van der Waals surface area contributed by atoms with Crippen LogP contribution in [0.3, 0.4) is 0 Å². The van der Waals surface area contributed by atoms with Crippen molar-refractivity contribution in [2.75, 3.05) is 18.1 Å². The molecule has 0 saturated carbocycles. The lowest BCUT2D eigenvalue weighted by Gasteiger charge is -2.18. The number of amides is 2. The van der Waals surface area contributed by atoms with Crippen LogP contribution in [0.15, 0.2) is 54.6 Å². The Hall–Kier alpha value is -2.82. The number of hydrogen-bond acceptors (Lipinski definition) is 3. The lowest BCUT2D eigenvalue weighted by molar-refractivity contribution is -0.117. The normalized spacial score (nSPS) is 15.1. The minimum atomic E-state index is -0.169. The Morgan fingerprint density at radius 1 is 1.20 bits per heavy atom. The molecule has 130 valence electrons. The van der Waals surface area contributed by atoms with Crippen molar-refractivity contribution < 1.29 is 14.3 Å². The first-order valence-corrected chi connectivity index (χ1v) is 8.52. The van der Waals surface area contributed by atoms with Crippen LogP contribution in [0.5, 0.6) is 5.75 Å². The first-order valence-electron chi connectivity index (χ1n) is 8.52. The summed E-state index contributed by atoms with van der Waals surface area (Å²) in [6.45, 7) is 3.00. The van der Waals surface area contributed by atoms with Crippen LogP contribution >= 0.6 is 0 Å². The maximum Gasteiger partial charge on any atom is 0.251 e. The third-order valence-electron chi connectivity index (χ3n) is 4.11. The van der Waals surface area contributed by atoms with E-state index in [9.17, 15) is 9.59 Å². The Labute approximate surface area is 147 Å². The van der Waals surface area contributed by atoms with Gasteiger partial charge in [-0.05, 0) is 43.7 Å². The van der Waals surface area contributed by atoms with Crippen LogP contribution in [0.2, 0.25) is 0 Å². The second-order valence-corrected chi connectivity index (χ2v) is 6.20. The third kappa shape index (κ3) is 4.38. The fraction of sp³-hybridized carbons (Fsp3) is 0.300. The summed E-state index contributed by atoms with van der Waals surface area (Å²) in [6, 6.07) is 16.6. The molecule has 5 nitrogen and oxygen atoms in total. The summed E-state index contributed by atoms with van der Waals surface area (Å²) in [4.78, 5) is 26.0. The van der Waals surface area contributed by atoms with Crippen molar-refractivity contribution in [2.45, 2.75) is 25.8 Å². The van der Waals surface area contributed by atoms with Crippen molar-refractivity contribution in [1.29, 1.82) is 0 Å². The molecule has 1 unspecified atom stereocenters. The van der Waals surface area contributed by atoms with Gasteiger partial charge in [-0.25, -0.2) is 0 Å². The minimum Gasteiger partial charge on any atom is -0.491 e. The van der Waals surface area contributed by atoms with E-state index in [1.807, 2.05) is 43.3 Å². The molecule has 2 amide bonds. The number of ether oxygens (including phenoxy) is 1. The Bertz CT molecular complexity index is 746. The van der Waals surface area contributed by atoms with E-state index in [1.165, 1.54) is 0 Å². The van der Waals surface area contributed by atoms with Crippen LogP contribution in [0, 0.1) is 0 Å². The topological polar surface area (TPSA) is 58.6 Å². The number of carbonyl (C=O) groups excluding carboxylic acids is 2. The van der Waals surface area contributed by atoms with Crippen LogP contribution in [0.25, 0.3) is 0 Å². The Morgan fingerprint density at radius 2 is 2.00 bits per heavy atom. The van der Waals surface area contributed by atoms with E-state index >= 15 is 0 Å². The SMILES string of the molecule is CC(COc1ccccc1)NC(=O)c1cccc(N2CCCC2=O)c1. The van der Waals surface area contributed by atoms with E-state index < -0.39 is 0 Å². The number of anilines is 1. The Kier molecular flexibility index (Phi) is 5.33. The predicted molar refractivity (Wildman–Crippen MR) is 96.9 cm³/mol. The summed E-state index contributed by atoms with van der Waals surface area (Å²) in [5, 5.41) is 2.93.